The summed E-state index contributed by atoms with van der Waals surface area (Å²) in [6, 6.07) is 3.75. The zero-order valence-corrected chi connectivity index (χ0v) is 12.7. The van der Waals surface area contributed by atoms with Crippen LogP contribution in [-0.4, -0.2) is 49.6 Å². The number of benzene rings is 1. The molecule has 1 aromatic rings. The Balaban J connectivity index is 1.63. The molecule has 1 heterocycles. The van der Waals surface area contributed by atoms with Gasteiger partial charge in [-0.2, -0.15) is 0 Å². The van der Waals surface area contributed by atoms with Gasteiger partial charge in [-0.1, -0.05) is 6.07 Å². The second kappa shape index (κ2) is 6.23. The fraction of sp³-hybridized carbons (Fsp3) is 0.500. The van der Waals surface area contributed by atoms with E-state index in [2.05, 4.69) is 5.32 Å². The van der Waals surface area contributed by atoms with Crippen molar-refractivity contribution in [1.82, 2.24) is 10.2 Å². The van der Waals surface area contributed by atoms with Crippen molar-refractivity contribution >= 4 is 11.8 Å². The highest BCUT2D eigenvalue weighted by Crippen LogP contribution is 2.48. The molecule has 1 aliphatic carbocycles. The molecule has 3 rings (SSSR count). The molecule has 0 bridgehead atoms. The molecule has 1 aromatic carbocycles. The molecule has 3 atom stereocenters. The molecule has 1 saturated carbocycles. The lowest BCUT2D eigenvalue weighted by molar-refractivity contribution is -0.147. The molecule has 0 aromatic heterocycles. The zero-order valence-electron chi connectivity index (χ0n) is 12.7. The average Bonchev–Trinajstić information content (AvgIpc) is 3.36. The van der Waals surface area contributed by atoms with Crippen LogP contribution >= 0.6 is 0 Å². The number of hydrogen-bond donors (Lipinski definition) is 1. The third kappa shape index (κ3) is 3.19. The van der Waals surface area contributed by atoms with Crippen molar-refractivity contribution in [3.8, 4) is 0 Å². The Morgan fingerprint density at radius 3 is 2.78 bits per heavy atom. The van der Waals surface area contributed by atoms with E-state index in [1.54, 1.807) is 4.90 Å². The van der Waals surface area contributed by atoms with E-state index in [1.165, 1.54) is 13.1 Å². The number of nitrogens with one attached hydrogen (secondary N) is 1. The average molecular weight is 324 g/mol. The minimum absolute atomic E-state index is 0.0584. The second-order valence-corrected chi connectivity index (χ2v) is 5.88. The number of rotatable bonds is 3. The van der Waals surface area contributed by atoms with Gasteiger partial charge in [0, 0.05) is 19.5 Å². The number of amides is 2. The molecule has 2 fully saturated rings. The fourth-order valence-corrected chi connectivity index (χ4v) is 2.98. The van der Waals surface area contributed by atoms with E-state index in [9.17, 15) is 18.4 Å². The van der Waals surface area contributed by atoms with Gasteiger partial charge in [0.05, 0.1) is 13.2 Å². The molecule has 5 nitrogen and oxygen atoms in total. The molecule has 0 radical (unpaired) electrons. The number of nitrogens with zero attached hydrogens (tertiary/aromatic N) is 1. The maximum atomic E-state index is 13.3. The SMILES string of the molecule is CNC(=O)C1CN(C(=O)C2CC2c2ccc(F)c(F)c2)CCO1. The van der Waals surface area contributed by atoms with Crippen LogP contribution in [0.5, 0.6) is 0 Å². The number of carbonyl (C=O) groups is 2. The zero-order chi connectivity index (χ0) is 16.6. The van der Waals surface area contributed by atoms with Crippen molar-refractivity contribution in [3.05, 3.63) is 35.4 Å². The monoisotopic (exact) mass is 324 g/mol. The highest BCUT2D eigenvalue weighted by molar-refractivity contribution is 5.85. The van der Waals surface area contributed by atoms with E-state index in [0.717, 1.165) is 12.1 Å². The van der Waals surface area contributed by atoms with Gasteiger partial charge in [0.15, 0.2) is 17.7 Å². The Bertz CT molecular complexity index is 638. The van der Waals surface area contributed by atoms with Crippen LogP contribution in [0.1, 0.15) is 17.9 Å². The van der Waals surface area contributed by atoms with Crippen LogP contribution in [0.15, 0.2) is 18.2 Å². The lowest BCUT2D eigenvalue weighted by Crippen LogP contribution is -2.51. The lowest BCUT2D eigenvalue weighted by atomic mass is 10.1. The van der Waals surface area contributed by atoms with E-state index >= 15 is 0 Å². The van der Waals surface area contributed by atoms with Gasteiger partial charge in [0.1, 0.15) is 0 Å². The summed E-state index contributed by atoms with van der Waals surface area (Å²) < 4.78 is 31.6. The number of ether oxygens (including phenoxy) is 1. The predicted octanol–water partition coefficient (Wildman–Crippen LogP) is 1.04. The van der Waals surface area contributed by atoms with E-state index in [1.807, 2.05) is 0 Å². The Labute approximate surface area is 132 Å². The quantitative estimate of drug-likeness (QED) is 0.904. The van der Waals surface area contributed by atoms with Crippen LogP contribution in [0.2, 0.25) is 0 Å². The Morgan fingerprint density at radius 1 is 1.30 bits per heavy atom. The number of likely N-dealkylation sites (N-methyl/N-ethyl adjacent to an activating group) is 1. The lowest BCUT2D eigenvalue weighted by Gasteiger charge is -2.32. The molecule has 124 valence electrons. The van der Waals surface area contributed by atoms with Crippen LogP contribution < -0.4 is 5.32 Å². The predicted molar refractivity (Wildman–Crippen MR) is 77.6 cm³/mol. The summed E-state index contributed by atoms with van der Waals surface area (Å²) >= 11 is 0. The molecule has 2 amide bonds. The molecule has 2 aliphatic rings. The largest absolute Gasteiger partial charge is 0.365 e. The van der Waals surface area contributed by atoms with Crippen LogP contribution in [-0.2, 0) is 14.3 Å². The van der Waals surface area contributed by atoms with Gasteiger partial charge in [-0.05, 0) is 30.0 Å². The standard InChI is InChI=1S/C16H18F2N2O3/c1-19-15(21)14-8-20(4-5-23-14)16(22)11-7-10(11)9-2-3-12(17)13(18)6-9/h2-3,6,10-11,14H,4-5,7-8H2,1H3,(H,19,21). The number of carbonyl (C=O) groups excluding carboxylic acids is 2. The second-order valence-electron chi connectivity index (χ2n) is 5.88. The summed E-state index contributed by atoms with van der Waals surface area (Å²) in [7, 11) is 1.52. The third-order valence-corrected chi connectivity index (χ3v) is 4.40. The first-order valence-corrected chi connectivity index (χ1v) is 7.58. The van der Waals surface area contributed by atoms with Crippen molar-refractivity contribution in [1.29, 1.82) is 0 Å². The molecule has 1 N–H and O–H groups in total. The number of morpholine rings is 1. The normalized spacial score (nSPS) is 26.7. The van der Waals surface area contributed by atoms with E-state index in [0.29, 0.717) is 25.1 Å². The molecular formula is C16H18F2N2O3. The van der Waals surface area contributed by atoms with Crippen molar-refractivity contribution in [3.63, 3.8) is 0 Å². The molecule has 23 heavy (non-hydrogen) atoms. The van der Waals surface area contributed by atoms with Gasteiger partial charge in [-0.3, -0.25) is 9.59 Å². The van der Waals surface area contributed by atoms with Gasteiger partial charge in [0.2, 0.25) is 5.91 Å². The minimum Gasteiger partial charge on any atom is -0.365 e. The smallest absolute Gasteiger partial charge is 0.250 e. The Morgan fingerprint density at radius 2 is 2.09 bits per heavy atom. The molecule has 1 saturated heterocycles. The van der Waals surface area contributed by atoms with Crippen LogP contribution in [0, 0.1) is 17.6 Å². The van der Waals surface area contributed by atoms with Gasteiger partial charge >= 0.3 is 0 Å². The molecule has 7 heteroatoms. The maximum absolute atomic E-state index is 13.3. The topological polar surface area (TPSA) is 58.6 Å². The van der Waals surface area contributed by atoms with Crippen molar-refractivity contribution in [2.45, 2.75) is 18.4 Å². The van der Waals surface area contributed by atoms with Gasteiger partial charge in [0.25, 0.3) is 5.91 Å². The molecular weight excluding hydrogens is 306 g/mol. The summed E-state index contributed by atoms with van der Waals surface area (Å²) in [5.74, 6) is -2.42. The van der Waals surface area contributed by atoms with Crippen molar-refractivity contribution in [2.75, 3.05) is 26.7 Å². The number of hydrogen-bond acceptors (Lipinski definition) is 3. The minimum atomic E-state index is -0.897. The third-order valence-electron chi connectivity index (χ3n) is 4.40. The molecule has 1 aliphatic heterocycles. The first-order chi connectivity index (χ1) is 11.0. The van der Waals surface area contributed by atoms with Crippen LogP contribution in [0.4, 0.5) is 8.78 Å². The van der Waals surface area contributed by atoms with E-state index in [4.69, 9.17) is 4.74 Å². The van der Waals surface area contributed by atoms with Crippen LogP contribution in [0.25, 0.3) is 0 Å². The first-order valence-electron chi connectivity index (χ1n) is 7.58. The van der Waals surface area contributed by atoms with Gasteiger partial charge < -0.3 is 15.0 Å². The summed E-state index contributed by atoms with van der Waals surface area (Å²) in [5.41, 5.74) is 0.637. The fourth-order valence-electron chi connectivity index (χ4n) is 2.98. The van der Waals surface area contributed by atoms with Crippen molar-refractivity contribution in [2.24, 2.45) is 5.92 Å². The van der Waals surface area contributed by atoms with Gasteiger partial charge in [-0.25, -0.2) is 8.78 Å². The summed E-state index contributed by atoms with van der Waals surface area (Å²) in [6.07, 6.45) is -0.0375. The summed E-state index contributed by atoms with van der Waals surface area (Å²) in [4.78, 5) is 25.8. The van der Waals surface area contributed by atoms with Gasteiger partial charge in [-0.15, -0.1) is 0 Å². The summed E-state index contributed by atoms with van der Waals surface area (Å²) in [5, 5.41) is 2.51. The maximum Gasteiger partial charge on any atom is 0.250 e. The van der Waals surface area contributed by atoms with Crippen LogP contribution in [0.3, 0.4) is 0 Å². The highest BCUT2D eigenvalue weighted by atomic mass is 19.2. The van der Waals surface area contributed by atoms with E-state index < -0.39 is 17.7 Å². The highest BCUT2D eigenvalue weighted by Gasteiger charge is 2.47. The van der Waals surface area contributed by atoms with Crippen molar-refractivity contribution < 1.29 is 23.1 Å². The number of halogens is 2. The molecule has 0 spiro atoms. The molecule has 3 unspecified atom stereocenters. The Kier molecular flexibility index (Phi) is 4.30. The Hall–Kier alpha value is -2.02. The summed E-state index contributed by atoms with van der Waals surface area (Å²) in [6.45, 7) is 0.971. The first kappa shape index (κ1) is 15.9. The van der Waals surface area contributed by atoms with E-state index in [-0.39, 0.29) is 30.2 Å².